The molecule has 1 aromatic carbocycles. The van der Waals surface area contributed by atoms with Crippen LogP contribution >= 0.6 is 0 Å². The van der Waals surface area contributed by atoms with Gasteiger partial charge in [-0.05, 0) is 30.9 Å². The van der Waals surface area contributed by atoms with Crippen LogP contribution in [0.5, 0.6) is 0 Å². The van der Waals surface area contributed by atoms with Crippen LogP contribution in [0.4, 0.5) is 0 Å². The van der Waals surface area contributed by atoms with Crippen molar-refractivity contribution >= 4 is 0 Å². The van der Waals surface area contributed by atoms with Crippen LogP contribution in [0.25, 0.3) is 0 Å². The molecule has 0 radical (unpaired) electrons. The molecule has 1 saturated heterocycles. The van der Waals surface area contributed by atoms with Gasteiger partial charge in [0.2, 0.25) is 0 Å². The summed E-state index contributed by atoms with van der Waals surface area (Å²) in [7, 11) is 0. The molecular weight excluding hydrogens is 248 g/mol. The van der Waals surface area contributed by atoms with Gasteiger partial charge in [-0.3, -0.25) is 4.90 Å². The van der Waals surface area contributed by atoms with E-state index in [1.165, 1.54) is 11.1 Å². The SMILES string of the molecule is CCC(N)C(c1ccccc1C)N1CCOCC1CC. The maximum absolute atomic E-state index is 6.48. The van der Waals surface area contributed by atoms with Gasteiger partial charge in [0.05, 0.1) is 19.3 Å². The topological polar surface area (TPSA) is 38.5 Å². The molecule has 2 rings (SSSR count). The first-order valence-corrected chi connectivity index (χ1v) is 7.83. The summed E-state index contributed by atoms with van der Waals surface area (Å²) < 4.78 is 5.65. The number of rotatable bonds is 5. The monoisotopic (exact) mass is 276 g/mol. The number of aryl methyl sites for hydroxylation is 1. The Morgan fingerprint density at radius 1 is 1.35 bits per heavy atom. The van der Waals surface area contributed by atoms with E-state index < -0.39 is 0 Å². The minimum absolute atomic E-state index is 0.170. The lowest BCUT2D eigenvalue weighted by atomic mass is 9.91. The maximum Gasteiger partial charge on any atom is 0.0622 e. The summed E-state index contributed by atoms with van der Waals surface area (Å²) in [4.78, 5) is 2.57. The van der Waals surface area contributed by atoms with Crippen LogP contribution < -0.4 is 5.73 Å². The van der Waals surface area contributed by atoms with Crippen LogP contribution in [0, 0.1) is 6.92 Å². The Labute approximate surface area is 123 Å². The zero-order chi connectivity index (χ0) is 14.5. The van der Waals surface area contributed by atoms with Crippen LogP contribution in [-0.4, -0.2) is 36.7 Å². The highest BCUT2D eigenvalue weighted by Gasteiger charge is 2.33. The number of hydrogen-bond acceptors (Lipinski definition) is 3. The van der Waals surface area contributed by atoms with Gasteiger partial charge in [-0.2, -0.15) is 0 Å². The summed E-state index contributed by atoms with van der Waals surface area (Å²) in [5, 5.41) is 0. The normalized spacial score (nSPS) is 23.5. The molecule has 0 spiro atoms. The van der Waals surface area contributed by atoms with Crippen molar-refractivity contribution in [2.75, 3.05) is 19.8 Å². The zero-order valence-electron chi connectivity index (χ0n) is 13.0. The molecule has 0 aromatic heterocycles. The van der Waals surface area contributed by atoms with Gasteiger partial charge >= 0.3 is 0 Å². The number of morpholine rings is 1. The predicted molar refractivity (Wildman–Crippen MR) is 83.8 cm³/mol. The maximum atomic E-state index is 6.48. The smallest absolute Gasteiger partial charge is 0.0622 e. The lowest BCUT2D eigenvalue weighted by Gasteiger charge is -2.43. The molecule has 1 heterocycles. The van der Waals surface area contributed by atoms with Gasteiger partial charge in [0.1, 0.15) is 0 Å². The molecule has 1 aliphatic rings. The van der Waals surface area contributed by atoms with E-state index in [0.717, 1.165) is 32.6 Å². The first kappa shape index (κ1) is 15.5. The molecule has 1 aromatic rings. The summed E-state index contributed by atoms with van der Waals surface area (Å²) >= 11 is 0. The van der Waals surface area contributed by atoms with Gasteiger partial charge in [-0.25, -0.2) is 0 Å². The molecule has 0 amide bonds. The predicted octanol–water partition coefficient (Wildman–Crippen LogP) is 2.88. The standard InChI is InChI=1S/C17H28N2O/c1-4-14-12-20-11-10-19(14)17(16(18)5-2)15-9-7-6-8-13(15)3/h6-9,14,16-17H,4-5,10-12,18H2,1-3H3. The lowest BCUT2D eigenvalue weighted by molar-refractivity contribution is -0.0363. The molecule has 0 saturated carbocycles. The number of ether oxygens (including phenoxy) is 1. The molecule has 0 bridgehead atoms. The molecule has 0 aliphatic carbocycles. The quantitative estimate of drug-likeness (QED) is 0.898. The molecule has 1 aliphatic heterocycles. The highest BCUT2D eigenvalue weighted by molar-refractivity contribution is 5.30. The second-order valence-electron chi connectivity index (χ2n) is 5.75. The van der Waals surface area contributed by atoms with Gasteiger partial charge in [-0.1, -0.05) is 38.1 Å². The van der Waals surface area contributed by atoms with E-state index in [1.807, 2.05) is 0 Å². The van der Waals surface area contributed by atoms with Gasteiger partial charge in [0.15, 0.2) is 0 Å². The van der Waals surface area contributed by atoms with E-state index in [2.05, 4.69) is 49.9 Å². The van der Waals surface area contributed by atoms with Gasteiger partial charge in [-0.15, -0.1) is 0 Å². The first-order chi connectivity index (χ1) is 9.69. The fourth-order valence-electron chi connectivity index (χ4n) is 3.18. The lowest BCUT2D eigenvalue weighted by Crippen LogP contribution is -2.51. The van der Waals surface area contributed by atoms with Crippen molar-refractivity contribution in [1.82, 2.24) is 4.90 Å². The average Bonchev–Trinajstić information content (AvgIpc) is 2.49. The Morgan fingerprint density at radius 2 is 2.10 bits per heavy atom. The van der Waals surface area contributed by atoms with E-state index in [9.17, 15) is 0 Å². The Hall–Kier alpha value is -0.900. The minimum Gasteiger partial charge on any atom is -0.378 e. The van der Waals surface area contributed by atoms with Gasteiger partial charge in [0, 0.05) is 18.6 Å². The van der Waals surface area contributed by atoms with Crippen LogP contribution in [-0.2, 0) is 4.74 Å². The van der Waals surface area contributed by atoms with Crippen molar-refractivity contribution in [3.8, 4) is 0 Å². The summed E-state index contributed by atoms with van der Waals surface area (Å²) in [6.45, 7) is 9.22. The molecule has 3 heteroatoms. The highest BCUT2D eigenvalue weighted by atomic mass is 16.5. The summed E-state index contributed by atoms with van der Waals surface area (Å²) in [5.41, 5.74) is 9.20. The molecule has 3 atom stereocenters. The summed E-state index contributed by atoms with van der Waals surface area (Å²) in [5.74, 6) is 0. The second kappa shape index (κ2) is 7.21. The molecular formula is C17H28N2O. The number of hydrogen-bond donors (Lipinski definition) is 1. The molecule has 2 N–H and O–H groups in total. The summed E-state index contributed by atoms with van der Waals surface area (Å²) in [6, 6.07) is 9.59. The third kappa shape index (κ3) is 3.22. The average molecular weight is 276 g/mol. The van der Waals surface area contributed by atoms with E-state index in [0.29, 0.717) is 12.1 Å². The van der Waals surface area contributed by atoms with Crippen LogP contribution in [0.3, 0.4) is 0 Å². The Balaban J connectivity index is 2.34. The van der Waals surface area contributed by atoms with Gasteiger partial charge < -0.3 is 10.5 Å². The second-order valence-corrected chi connectivity index (χ2v) is 5.75. The Bertz CT molecular complexity index is 421. The molecule has 112 valence electrons. The fourth-order valence-corrected chi connectivity index (χ4v) is 3.18. The molecule has 1 fully saturated rings. The Morgan fingerprint density at radius 3 is 2.75 bits per heavy atom. The van der Waals surface area contributed by atoms with Crippen molar-refractivity contribution in [3.05, 3.63) is 35.4 Å². The van der Waals surface area contributed by atoms with Gasteiger partial charge in [0.25, 0.3) is 0 Å². The molecule has 3 unspecified atom stereocenters. The highest BCUT2D eigenvalue weighted by Crippen LogP contribution is 2.31. The third-order valence-corrected chi connectivity index (χ3v) is 4.49. The van der Waals surface area contributed by atoms with E-state index in [1.54, 1.807) is 0 Å². The van der Waals surface area contributed by atoms with Crippen LogP contribution in [0.1, 0.15) is 43.9 Å². The third-order valence-electron chi connectivity index (χ3n) is 4.49. The van der Waals surface area contributed by atoms with Crippen molar-refractivity contribution in [3.63, 3.8) is 0 Å². The van der Waals surface area contributed by atoms with Crippen molar-refractivity contribution < 1.29 is 4.74 Å². The zero-order valence-corrected chi connectivity index (χ0v) is 13.0. The van der Waals surface area contributed by atoms with Crippen molar-refractivity contribution in [1.29, 1.82) is 0 Å². The largest absolute Gasteiger partial charge is 0.378 e. The van der Waals surface area contributed by atoms with Crippen molar-refractivity contribution in [2.45, 2.75) is 51.7 Å². The van der Waals surface area contributed by atoms with Crippen LogP contribution in [0.15, 0.2) is 24.3 Å². The number of nitrogens with two attached hydrogens (primary N) is 1. The fraction of sp³-hybridized carbons (Fsp3) is 0.647. The molecule has 3 nitrogen and oxygen atoms in total. The Kier molecular flexibility index (Phi) is 5.58. The minimum atomic E-state index is 0.170. The van der Waals surface area contributed by atoms with Crippen LogP contribution in [0.2, 0.25) is 0 Å². The number of benzene rings is 1. The van der Waals surface area contributed by atoms with E-state index >= 15 is 0 Å². The number of nitrogens with zero attached hydrogens (tertiary/aromatic N) is 1. The van der Waals surface area contributed by atoms with Crippen molar-refractivity contribution in [2.24, 2.45) is 5.73 Å². The first-order valence-electron chi connectivity index (χ1n) is 7.83. The van der Waals surface area contributed by atoms with E-state index in [-0.39, 0.29) is 6.04 Å². The van der Waals surface area contributed by atoms with E-state index in [4.69, 9.17) is 10.5 Å². The molecule has 20 heavy (non-hydrogen) atoms. The summed E-state index contributed by atoms with van der Waals surface area (Å²) in [6.07, 6.45) is 2.10.